The number of carbonyl (C=O) groups is 1. The summed E-state index contributed by atoms with van der Waals surface area (Å²) in [5.74, 6) is 0.608. The highest BCUT2D eigenvalue weighted by molar-refractivity contribution is 6.02. The Kier molecular flexibility index (Phi) is 4.16. The molecule has 1 aromatic carbocycles. The Hall–Kier alpha value is -3.52. The standard InChI is InChI=1S/C18H15N5O3/c24-8-7-23-17(21-18(25)14-11-19-5-6-20-14)10-13(22-23)16-9-12-3-1-2-4-15(12)26-16/h1-6,9-11,24H,7-8H2,(H,21,25). The number of hydrogen-bond donors (Lipinski definition) is 2. The molecule has 0 aliphatic carbocycles. The first-order valence-electron chi connectivity index (χ1n) is 7.99. The number of benzene rings is 1. The van der Waals surface area contributed by atoms with Crippen molar-refractivity contribution in [2.75, 3.05) is 11.9 Å². The van der Waals surface area contributed by atoms with Crippen LogP contribution in [0.15, 0.2) is 59.4 Å². The molecule has 0 radical (unpaired) electrons. The zero-order chi connectivity index (χ0) is 17.9. The zero-order valence-corrected chi connectivity index (χ0v) is 13.7. The minimum atomic E-state index is -0.409. The van der Waals surface area contributed by atoms with Gasteiger partial charge in [0.2, 0.25) is 0 Å². The summed E-state index contributed by atoms with van der Waals surface area (Å²) in [5, 5.41) is 17.4. The predicted molar refractivity (Wildman–Crippen MR) is 94.5 cm³/mol. The van der Waals surface area contributed by atoms with Gasteiger partial charge in [-0.1, -0.05) is 18.2 Å². The molecule has 2 N–H and O–H groups in total. The van der Waals surface area contributed by atoms with Gasteiger partial charge in [0.25, 0.3) is 5.91 Å². The van der Waals surface area contributed by atoms with Gasteiger partial charge in [-0.15, -0.1) is 0 Å². The number of para-hydroxylation sites is 1. The number of furan rings is 1. The average Bonchev–Trinajstić information content (AvgIpc) is 3.27. The Balaban J connectivity index is 1.67. The molecule has 0 aliphatic heterocycles. The highest BCUT2D eigenvalue weighted by atomic mass is 16.3. The molecule has 0 saturated heterocycles. The van der Waals surface area contributed by atoms with Gasteiger partial charge in [-0.05, 0) is 12.1 Å². The Bertz CT molecular complexity index is 1020. The van der Waals surface area contributed by atoms with Crippen LogP contribution >= 0.6 is 0 Å². The summed E-state index contributed by atoms with van der Waals surface area (Å²) in [7, 11) is 0. The molecule has 8 nitrogen and oxygen atoms in total. The van der Waals surface area contributed by atoms with E-state index in [-0.39, 0.29) is 18.8 Å². The molecule has 4 aromatic rings. The second-order valence-corrected chi connectivity index (χ2v) is 5.55. The van der Waals surface area contributed by atoms with Crippen LogP contribution in [0.2, 0.25) is 0 Å². The van der Waals surface area contributed by atoms with Crippen LogP contribution in [0.3, 0.4) is 0 Å². The van der Waals surface area contributed by atoms with E-state index in [2.05, 4.69) is 20.4 Å². The van der Waals surface area contributed by atoms with Crippen LogP contribution < -0.4 is 5.32 Å². The first-order chi connectivity index (χ1) is 12.7. The number of fused-ring (bicyclic) bond motifs is 1. The third-order valence-electron chi connectivity index (χ3n) is 3.81. The molecular weight excluding hydrogens is 334 g/mol. The van der Waals surface area contributed by atoms with Crippen molar-refractivity contribution in [1.29, 1.82) is 0 Å². The van der Waals surface area contributed by atoms with Crippen molar-refractivity contribution in [3.63, 3.8) is 0 Å². The molecule has 8 heteroatoms. The number of aliphatic hydroxyl groups excluding tert-OH is 1. The maximum absolute atomic E-state index is 12.3. The molecule has 0 atom stereocenters. The lowest BCUT2D eigenvalue weighted by Gasteiger charge is -2.06. The fourth-order valence-electron chi connectivity index (χ4n) is 2.61. The number of nitrogens with zero attached hydrogens (tertiary/aromatic N) is 4. The van der Waals surface area contributed by atoms with Crippen molar-refractivity contribution in [1.82, 2.24) is 19.7 Å². The maximum atomic E-state index is 12.3. The molecule has 3 aromatic heterocycles. The zero-order valence-electron chi connectivity index (χ0n) is 13.7. The van der Waals surface area contributed by atoms with Crippen LogP contribution in [0.5, 0.6) is 0 Å². The molecule has 0 unspecified atom stereocenters. The Morgan fingerprint density at radius 1 is 1.23 bits per heavy atom. The van der Waals surface area contributed by atoms with E-state index < -0.39 is 5.91 Å². The largest absolute Gasteiger partial charge is 0.454 e. The van der Waals surface area contributed by atoms with Gasteiger partial charge in [-0.2, -0.15) is 5.10 Å². The van der Waals surface area contributed by atoms with Gasteiger partial charge in [0, 0.05) is 23.8 Å². The molecule has 130 valence electrons. The summed E-state index contributed by atoms with van der Waals surface area (Å²) >= 11 is 0. The quantitative estimate of drug-likeness (QED) is 0.573. The third-order valence-corrected chi connectivity index (χ3v) is 3.81. The van der Waals surface area contributed by atoms with Gasteiger partial charge in [-0.3, -0.25) is 9.78 Å². The van der Waals surface area contributed by atoms with Gasteiger partial charge >= 0.3 is 0 Å². The lowest BCUT2D eigenvalue weighted by atomic mass is 10.2. The summed E-state index contributed by atoms with van der Waals surface area (Å²) in [6.07, 6.45) is 4.31. The number of carbonyl (C=O) groups excluding carboxylic acids is 1. The molecule has 4 rings (SSSR count). The number of aliphatic hydroxyl groups is 1. The fraction of sp³-hybridized carbons (Fsp3) is 0.111. The second-order valence-electron chi connectivity index (χ2n) is 5.55. The molecule has 0 aliphatic rings. The topological polar surface area (TPSA) is 106 Å². The lowest BCUT2D eigenvalue weighted by Crippen LogP contribution is -2.17. The van der Waals surface area contributed by atoms with Crippen molar-refractivity contribution in [3.8, 4) is 11.5 Å². The number of rotatable bonds is 5. The van der Waals surface area contributed by atoms with Crippen LogP contribution in [-0.2, 0) is 6.54 Å². The minimum absolute atomic E-state index is 0.116. The number of hydrogen-bond acceptors (Lipinski definition) is 6. The molecule has 1 amide bonds. The second kappa shape index (κ2) is 6.77. The molecule has 0 spiro atoms. The Morgan fingerprint density at radius 3 is 2.88 bits per heavy atom. The van der Waals surface area contributed by atoms with Gasteiger partial charge < -0.3 is 14.8 Å². The third kappa shape index (κ3) is 3.05. The summed E-state index contributed by atoms with van der Waals surface area (Å²) in [6.45, 7) is 0.117. The smallest absolute Gasteiger partial charge is 0.277 e. The maximum Gasteiger partial charge on any atom is 0.277 e. The first-order valence-corrected chi connectivity index (χ1v) is 7.99. The predicted octanol–water partition coefficient (Wildman–Crippen LogP) is 2.33. The summed E-state index contributed by atoms with van der Waals surface area (Å²) in [6, 6.07) is 11.2. The van der Waals surface area contributed by atoms with Gasteiger partial charge in [0.15, 0.2) is 5.76 Å². The van der Waals surface area contributed by atoms with Gasteiger partial charge in [0.1, 0.15) is 22.8 Å². The normalized spacial score (nSPS) is 11.0. The monoisotopic (exact) mass is 349 g/mol. The van der Waals surface area contributed by atoms with Crippen molar-refractivity contribution < 1.29 is 14.3 Å². The van der Waals surface area contributed by atoms with Crippen molar-refractivity contribution in [3.05, 3.63) is 60.7 Å². The van der Waals surface area contributed by atoms with Crippen molar-refractivity contribution in [2.24, 2.45) is 0 Å². The molecule has 26 heavy (non-hydrogen) atoms. The highest BCUT2D eigenvalue weighted by Gasteiger charge is 2.16. The number of nitrogens with one attached hydrogen (secondary N) is 1. The molecule has 0 fully saturated rings. The summed E-state index contributed by atoms with van der Waals surface area (Å²) < 4.78 is 7.33. The van der Waals surface area contributed by atoms with E-state index in [9.17, 15) is 9.90 Å². The van der Waals surface area contributed by atoms with Crippen LogP contribution in [0.25, 0.3) is 22.4 Å². The van der Waals surface area contributed by atoms with E-state index in [1.54, 1.807) is 6.07 Å². The first kappa shape index (κ1) is 16.0. The molecule has 0 bridgehead atoms. The van der Waals surface area contributed by atoms with Gasteiger partial charge in [-0.25, -0.2) is 9.67 Å². The van der Waals surface area contributed by atoms with Crippen molar-refractivity contribution >= 4 is 22.7 Å². The van der Waals surface area contributed by atoms with Crippen LogP contribution in [-0.4, -0.2) is 37.4 Å². The molecular formula is C18H15N5O3. The van der Waals surface area contributed by atoms with Crippen LogP contribution in [0.1, 0.15) is 10.5 Å². The van der Waals surface area contributed by atoms with Gasteiger partial charge in [0.05, 0.1) is 19.3 Å². The van der Waals surface area contributed by atoms with E-state index in [0.29, 0.717) is 17.3 Å². The van der Waals surface area contributed by atoms with Crippen molar-refractivity contribution in [2.45, 2.75) is 6.54 Å². The Labute approximate surface area is 148 Å². The van der Waals surface area contributed by atoms with E-state index >= 15 is 0 Å². The van der Waals surface area contributed by atoms with Crippen LogP contribution in [0, 0.1) is 0 Å². The lowest BCUT2D eigenvalue weighted by molar-refractivity contribution is 0.102. The average molecular weight is 349 g/mol. The summed E-state index contributed by atoms with van der Waals surface area (Å²) in [5.41, 5.74) is 1.50. The van der Waals surface area contributed by atoms with E-state index in [1.807, 2.05) is 30.3 Å². The highest BCUT2D eigenvalue weighted by Crippen LogP contribution is 2.28. The number of anilines is 1. The fourth-order valence-corrected chi connectivity index (χ4v) is 2.61. The molecule has 3 heterocycles. The van der Waals surface area contributed by atoms with E-state index in [4.69, 9.17) is 4.42 Å². The number of amides is 1. The van der Waals surface area contributed by atoms with E-state index in [0.717, 1.165) is 11.0 Å². The van der Waals surface area contributed by atoms with E-state index in [1.165, 1.54) is 23.3 Å². The van der Waals surface area contributed by atoms with Crippen LogP contribution in [0.4, 0.5) is 5.82 Å². The summed E-state index contributed by atoms with van der Waals surface area (Å²) in [4.78, 5) is 20.2. The number of aromatic nitrogens is 4. The minimum Gasteiger partial charge on any atom is -0.454 e. The molecule has 0 saturated carbocycles. The Morgan fingerprint density at radius 2 is 2.12 bits per heavy atom. The SMILES string of the molecule is O=C(Nc1cc(-c2cc3ccccc3o2)nn1CCO)c1cnccn1.